The first-order valence-electron chi connectivity index (χ1n) is 9.30. The topological polar surface area (TPSA) is 0 Å². The van der Waals surface area contributed by atoms with Crippen molar-refractivity contribution in [1.29, 1.82) is 0 Å². The summed E-state index contributed by atoms with van der Waals surface area (Å²) in [6.45, 7) is 20.9. The van der Waals surface area contributed by atoms with Crippen molar-refractivity contribution < 1.29 is 0 Å². The molecule has 0 spiro atoms. The number of rotatable bonds is 0. The lowest BCUT2D eigenvalue weighted by Gasteiger charge is -2.38. The highest BCUT2D eigenvalue weighted by Gasteiger charge is 2.35. The number of hydrogen-bond acceptors (Lipinski definition) is 1. The van der Waals surface area contributed by atoms with Gasteiger partial charge >= 0.3 is 0 Å². The van der Waals surface area contributed by atoms with E-state index in [0.29, 0.717) is 0 Å². The standard InChI is InChI=1S/C24H32S/c1-15-12-17(23(5,6)7)14-19-21(15)25-20-11-10-16(22(2,3)4)13-18(20)24(19,8)9/h10-14H,1-9H3. The minimum Gasteiger partial charge on any atom is -0.0892 e. The van der Waals surface area contributed by atoms with Crippen LogP contribution < -0.4 is 0 Å². The molecule has 1 heteroatoms. The van der Waals surface area contributed by atoms with Gasteiger partial charge in [0, 0.05) is 15.2 Å². The van der Waals surface area contributed by atoms with E-state index in [1.165, 1.54) is 37.6 Å². The molecule has 0 saturated carbocycles. The lowest BCUT2D eigenvalue weighted by Crippen LogP contribution is -2.26. The molecule has 0 nitrogen and oxygen atoms in total. The summed E-state index contributed by atoms with van der Waals surface area (Å²) in [6, 6.07) is 11.9. The second-order valence-corrected chi connectivity index (χ2v) is 11.2. The van der Waals surface area contributed by atoms with E-state index in [-0.39, 0.29) is 16.2 Å². The van der Waals surface area contributed by atoms with Gasteiger partial charge in [-0.1, -0.05) is 91.4 Å². The Morgan fingerprint density at radius 3 is 1.88 bits per heavy atom. The molecule has 0 radical (unpaired) electrons. The van der Waals surface area contributed by atoms with E-state index >= 15 is 0 Å². The lowest BCUT2D eigenvalue weighted by atomic mass is 9.73. The van der Waals surface area contributed by atoms with Gasteiger partial charge in [0.15, 0.2) is 0 Å². The van der Waals surface area contributed by atoms with Crippen molar-refractivity contribution >= 4 is 11.8 Å². The Kier molecular flexibility index (Phi) is 4.19. The molecule has 0 N–H and O–H groups in total. The molecule has 0 atom stereocenters. The fourth-order valence-corrected chi connectivity index (χ4v) is 5.06. The third kappa shape index (κ3) is 3.16. The van der Waals surface area contributed by atoms with Gasteiger partial charge in [-0.15, -0.1) is 0 Å². The molecule has 1 aliphatic heterocycles. The predicted molar refractivity (Wildman–Crippen MR) is 111 cm³/mol. The lowest BCUT2D eigenvalue weighted by molar-refractivity contribution is 0.562. The van der Waals surface area contributed by atoms with Gasteiger partial charge in [-0.05, 0) is 51.6 Å². The molecule has 3 rings (SSSR count). The van der Waals surface area contributed by atoms with Crippen molar-refractivity contribution in [2.45, 2.75) is 88.3 Å². The molecule has 0 fully saturated rings. The Labute approximate surface area is 158 Å². The molecule has 0 aliphatic carbocycles. The molecule has 0 amide bonds. The Hall–Kier alpha value is -1.21. The van der Waals surface area contributed by atoms with Gasteiger partial charge in [-0.3, -0.25) is 0 Å². The second kappa shape index (κ2) is 5.64. The third-order valence-electron chi connectivity index (χ3n) is 5.54. The van der Waals surface area contributed by atoms with Gasteiger partial charge < -0.3 is 0 Å². The Morgan fingerprint density at radius 1 is 0.760 bits per heavy atom. The zero-order valence-corrected chi connectivity index (χ0v) is 18.1. The first-order chi connectivity index (χ1) is 11.3. The van der Waals surface area contributed by atoms with Crippen LogP contribution in [0.5, 0.6) is 0 Å². The molecule has 0 saturated heterocycles. The largest absolute Gasteiger partial charge is 0.0892 e. The van der Waals surface area contributed by atoms with Crippen LogP contribution in [0.15, 0.2) is 40.1 Å². The number of hydrogen-bond donors (Lipinski definition) is 0. The monoisotopic (exact) mass is 352 g/mol. The summed E-state index contributed by atoms with van der Waals surface area (Å²) in [7, 11) is 0. The highest BCUT2D eigenvalue weighted by Crippen LogP contribution is 2.51. The van der Waals surface area contributed by atoms with Crippen molar-refractivity contribution in [3.05, 3.63) is 58.1 Å². The van der Waals surface area contributed by atoms with Gasteiger partial charge in [-0.25, -0.2) is 0 Å². The summed E-state index contributed by atoms with van der Waals surface area (Å²) in [5, 5.41) is 0. The number of fused-ring (bicyclic) bond motifs is 2. The van der Waals surface area contributed by atoms with Crippen molar-refractivity contribution in [3.63, 3.8) is 0 Å². The second-order valence-electron chi connectivity index (χ2n) is 10.1. The molecular formula is C24H32S. The van der Waals surface area contributed by atoms with E-state index in [1.807, 2.05) is 11.8 Å². The Balaban J connectivity index is 2.23. The van der Waals surface area contributed by atoms with E-state index in [0.717, 1.165) is 0 Å². The van der Waals surface area contributed by atoms with E-state index < -0.39 is 0 Å². The van der Waals surface area contributed by atoms with Crippen LogP contribution in [-0.4, -0.2) is 0 Å². The average molecular weight is 353 g/mol. The smallest absolute Gasteiger partial charge is 0.0192 e. The maximum Gasteiger partial charge on any atom is 0.0192 e. The summed E-state index contributed by atoms with van der Waals surface area (Å²) < 4.78 is 0. The summed E-state index contributed by atoms with van der Waals surface area (Å²) in [6.07, 6.45) is 0. The molecular weight excluding hydrogens is 320 g/mol. The van der Waals surface area contributed by atoms with Gasteiger partial charge in [0.1, 0.15) is 0 Å². The minimum absolute atomic E-state index is 0.0309. The summed E-state index contributed by atoms with van der Waals surface area (Å²) >= 11 is 1.95. The van der Waals surface area contributed by atoms with Crippen LogP contribution in [0.2, 0.25) is 0 Å². The normalized spacial score (nSPS) is 16.4. The fourth-order valence-electron chi connectivity index (χ4n) is 3.64. The molecule has 0 aromatic heterocycles. The summed E-state index contributed by atoms with van der Waals surface area (Å²) in [5.74, 6) is 0. The molecule has 0 unspecified atom stereocenters. The first-order valence-corrected chi connectivity index (χ1v) is 10.1. The molecule has 25 heavy (non-hydrogen) atoms. The van der Waals surface area contributed by atoms with Crippen molar-refractivity contribution in [2.24, 2.45) is 0 Å². The van der Waals surface area contributed by atoms with Gasteiger partial charge in [0.25, 0.3) is 0 Å². The van der Waals surface area contributed by atoms with E-state index in [4.69, 9.17) is 0 Å². The van der Waals surface area contributed by atoms with Gasteiger partial charge in [0.05, 0.1) is 0 Å². The number of benzene rings is 2. The molecule has 1 aliphatic rings. The zero-order chi connectivity index (χ0) is 18.8. The first kappa shape index (κ1) is 18.6. The van der Waals surface area contributed by atoms with E-state index in [2.05, 4.69) is 92.6 Å². The van der Waals surface area contributed by atoms with Crippen molar-refractivity contribution in [1.82, 2.24) is 0 Å². The van der Waals surface area contributed by atoms with Crippen LogP contribution in [0, 0.1) is 6.92 Å². The van der Waals surface area contributed by atoms with Gasteiger partial charge in [-0.2, -0.15) is 0 Å². The summed E-state index contributed by atoms with van der Waals surface area (Å²) in [5.41, 5.74) is 7.62. The van der Waals surface area contributed by atoms with Gasteiger partial charge in [0.2, 0.25) is 0 Å². The SMILES string of the molecule is Cc1cc(C(C)(C)C)cc2c1Sc1ccc(C(C)(C)C)cc1C2(C)C. The highest BCUT2D eigenvalue weighted by atomic mass is 32.2. The quantitative estimate of drug-likeness (QED) is 0.476. The van der Waals surface area contributed by atoms with Crippen LogP contribution in [0.3, 0.4) is 0 Å². The molecule has 134 valence electrons. The Bertz CT molecular complexity index is 826. The minimum atomic E-state index is 0.0309. The van der Waals surface area contributed by atoms with Crippen LogP contribution in [0.25, 0.3) is 0 Å². The molecule has 2 aromatic carbocycles. The van der Waals surface area contributed by atoms with Crippen LogP contribution in [-0.2, 0) is 16.2 Å². The van der Waals surface area contributed by atoms with E-state index in [1.54, 1.807) is 0 Å². The third-order valence-corrected chi connectivity index (χ3v) is 6.87. The van der Waals surface area contributed by atoms with Crippen molar-refractivity contribution in [3.8, 4) is 0 Å². The molecule has 0 bridgehead atoms. The fraction of sp³-hybridized carbons (Fsp3) is 0.500. The highest BCUT2D eigenvalue weighted by molar-refractivity contribution is 7.99. The Morgan fingerprint density at radius 2 is 1.32 bits per heavy atom. The van der Waals surface area contributed by atoms with Crippen molar-refractivity contribution in [2.75, 3.05) is 0 Å². The van der Waals surface area contributed by atoms with Crippen LogP contribution >= 0.6 is 11.8 Å². The molecule has 1 heterocycles. The average Bonchev–Trinajstić information content (AvgIpc) is 2.46. The van der Waals surface area contributed by atoms with E-state index in [9.17, 15) is 0 Å². The maximum atomic E-state index is 2.46. The number of aryl methyl sites for hydroxylation is 1. The van der Waals surface area contributed by atoms with Crippen LogP contribution in [0.4, 0.5) is 0 Å². The molecule has 2 aromatic rings. The zero-order valence-electron chi connectivity index (χ0n) is 17.3. The predicted octanol–water partition coefficient (Wildman–Crippen LogP) is 7.38. The van der Waals surface area contributed by atoms with Crippen LogP contribution in [0.1, 0.15) is 83.2 Å². The maximum absolute atomic E-state index is 2.46. The summed E-state index contributed by atoms with van der Waals surface area (Å²) in [4.78, 5) is 2.87.